The molecule has 0 saturated heterocycles. The lowest BCUT2D eigenvalue weighted by Gasteiger charge is -2.17. The van der Waals surface area contributed by atoms with Crippen LogP contribution in [-0.2, 0) is 11.3 Å². The van der Waals surface area contributed by atoms with Gasteiger partial charge in [0.2, 0.25) is 5.82 Å². The third-order valence-electron chi connectivity index (χ3n) is 2.99. The molecule has 0 aromatic heterocycles. The molecule has 7 heteroatoms. The fourth-order valence-electron chi connectivity index (χ4n) is 1.77. The summed E-state index contributed by atoms with van der Waals surface area (Å²) in [6.45, 7) is 0.0767. The first-order valence-corrected chi connectivity index (χ1v) is 6.37. The zero-order valence-corrected chi connectivity index (χ0v) is 11.7. The topological polar surface area (TPSA) is 72.7 Å². The number of amides is 1. The van der Waals surface area contributed by atoms with Gasteiger partial charge in [0.1, 0.15) is 6.61 Å². The maximum atomic E-state index is 13.3. The fourth-order valence-corrected chi connectivity index (χ4v) is 1.77. The largest absolute Gasteiger partial charge is 0.444 e. The number of carbonyl (C=O) groups is 1. The van der Waals surface area contributed by atoms with E-state index in [0.717, 1.165) is 22.6 Å². The molecule has 1 amide bonds. The zero-order chi connectivity index (χ0) is 16.1. The first-order chi connectivity index (χ1) is 10.5. The average molecular weight is 304 g/mol. The van der Waals surface area contributed by atoms with Crippen molar-refractivity contribution in [2.45, 2.75) is 6.61 Å². The monoisotopic (exact) mass is 304 g/mol. The maximum Gasteiger partial charge on any atom is 0.414 e. The molecule has 0 aliphatic carbocycles. The number of nitro groups is 1. The highest BCUT2D eigenvalue weighted by atomic mass is 19.1. The van der Waals surface area contributed by atoms with Crippen LogP contribution in [0.3, 0.4) is 0 Å². The van der Waals surface area contributed by atoms with Gasteiger partial charge in [0.15, 0.2) is 0 Å². The van der Waals surface area contributed by atoms with Gasteiger partial charge in [-0.25, -0.2) is 4.79 Å². The summed E-state index contributed by atoms with van der Waals surface area (Å²) >= 11 is 0. The van der Waals surface area contributed by atoms with E-state index in [0.29, 0.717) is 0 Å². The number of halogens is 1. The lowest BCUT2D eigenvalue weighted by atomic mass is 10.2. The molecule has 2 rings (SSSR count). The van der Waals surface area contributed by atoms with Crippen LogP contribution in [0.4, 0.5) is 20.6 Å². The molecule has 2 aromatic rings. The summed E-state index contributed by atoms with van der Waals surface area (Å²) in [6.07, 6.45) is -0.690. The number of benzene rings is 2. The molecule has 0 radical (unpaired) electrons. The summed E-state index contributed by atoms with van der Waals surface area (Å²) < 4.78 is 18.4. The van der Waals surface area contributed by atoms with E-state index < -0.39 is 22.5 Å². The Bertz CT molecular complexity index is 691. The van der Waals surface area contributed by atoms with E-state index in [-0.39, 0.29) is 12.3 Å². The molecular formula is C15H13FN2O4. The SMILES string of the molecule is CN(C(=O)OCc1ccccc1)c1ccc(F)c([N+](=O)[O-])c1. The van der Waals surface area contributed by atoms with Crippen molar-refractivity contribution >= 4 is 17.5 Å². The smallest absolute Gasteiger partial charge is 0.414 e. The van der Waals surface area contributed by atoms with E-state index in [2.05, 4.69) is 0 Å². The van der Waals surface area contributed by atoms with E-state index in [1.807, 2.05) is 18.2 Å². The molecule has 0 spiro atoms. The van der Waals surface area contributed by atoms with Gasteiger partial charge in [-0.3, -0.25) is 15.0 Å². The minimum Gasteiger partial charge on any atom is -0.444 e. The Labute approximate surface area is 125 Å². The number of hydrogen-bond donors (Lipinski definition) is 0. The molecular weight excluding hydrogens is 291 g/mol. The van der Waals surface area contributed by atoms with Crippen molar-refractivity contribution in [2.75, 3.05) is 11.9 Å². The third-order valence-corrected chi connectivity index (χ3v) is 2.99. The fraction of sp³-hybridized carbons (Fsp3) is 0.133. The normalized spacial score (nSPS) is 10.1. The van der Waals surface area contributed by atoms with Crippen LogP contribution in [0.1, 0.15) is 5.56 Å². The van der Waals surface area contributed by atoms with Crippen LogP contribution in [0.5, 0.6) is 0 Å². The van der Waals surface area contributed by atoms with E-state index in [9.17, 15) is 19.3 Å². The Kier molecular flexibility index (Phi) is 4.67. The van der Waals surface area contributed by atoms with Gasteiger partial charge in [-0.2, -0.15) is 4.39 Å². The quantitative estimate of drug-likeness (QED) is 0.640. The van der Waals surface area contributed by atoms with Crippen LogP contribution in [-0.4, -0.2) is 18.1 Å². The number of ether oxygens (including phenoxy) is 1. The van der Waals surface area contributed by atoms with E-state index in [1.54, 1.807) is 12.1 Å². The first kappa shape index (κ1) is 15.4. The van der Waals surface area contributed by atoms with Crippen molar-refractivity contribution in [3.05, 3.63) is 70.0 Å². The number of carbonyl (C=O) groups excluding carboxylic acids is 1. The second-order valence-corrected chi connectivity index (χ2v) is 4.49. The summed E-state index contributed by atoms with van der Waals surface area (Å²) in [6, 6.07) is 12.3. The van der Waals surface area contributed by atoms with Crippen LogP contribution < -0.4 is 4.90 Å². The molecule has 0 unspecified atom stereocenters. The predicted molar refractivity (Wildman–Crippen MR) is 78.1 cm³/mol. The van der Waals surface area contributed by atoms with Gasteiger partial charge < -0.3 is 4.74 Å². The predicted octanol–water partition coefficient (Wildman–Crippen LogP) is 3.51. The van der Waals surface area contributed by atoms with Gasteiger partial charge in [-0.05, 0) is 17.7 Å². The van der Waals surface area contributed by atoms with Crippen molar-refractivity contribution in [2.24, 2.45) is 0 Å². The highest BCUT2D eigenvalue weighted by Gasteiger charge is 2.19. The zero-order valence-electron chi connectivity index (χ0n) is 11.7. The Morgan fingerprint density at radius 1 is 1.27 bits per heavy atom. The molecule has 0 saturated carbocycles. The van der Waals surface area contributed by atoms with Gasteiger partial charge >= 0.3 is 11.8 Å². The van der Waals surface area contributed by atoms with Crippen molar-refractivity contribution in [3.8, 4) is 0 Å². The van der Waals surface area contributed by atoms with Crippen LogP contribution in [0.25, 0.3) is 0 Å². The van der Waals surface area contributed by atoms with E-state index >= 15 is 0 Å². The molecule has 0 atom stereocenters. The van der Waals surface area contributed by atoms with E-state index in [4.69, 9.17) is 4.74 Å². The van der Waals surface area contributed by atoms with E-state index in [1.165, 1.54) is 13.1 Å². The first-order valence-electron chi connectivity index (χ1n) is 6.37. The second kappa shape index (κ2) is 6.66. The Morgan fingerprint density at radius 3 is 2.59 bits per heavy atom. The summed E-state index contributed by atoms with van der Waals surface area (Å²) in [5, 5.41) is 10.7. The third kappa shape index (κ3) is 3.57. The molecule has 0 N–H and O–H groups in total. The van der Waals surface area contributed by atoms with Gasteiger partial charge in [0, 0.05) is 13.1 Å². The van der Waals surface area contributed by atoms with Crippen LogP contribution in [0.15, 0.2) is 48.5 Å². The minimum absolute atomic E-state index is 0.0767. The summed E-state index contributed by atoms with van der Waals surface area (Å²) in [4.78, 5) is 22.9. The molecule has 0 bridgehead atoms. The maximum absolute atomic E-state index is 13.3. The van der Waals surface area contributed by atoms with Crippen LogP contribution in [0.2, 0.25) is 0 Å². The number of nitrogens with zero attached hydrogens (tertiary/aromatic N) is 2. The Balaban J connectivity index is 2.07. The lowest BCUT2D eigenvalue weighted by Crippen LogP contribution is -2.27. The Morgan fingerprint density at radius 2 is 1.95 bits per heavy atom. The van der Waals surface area contributed by atoms with Crippen molar-refractivity contribution in [1.29, 1.82) is 0 Å². The number of nitro benzene ring substituents is 1. The van der Waals surface area contributed by atoms with Crippen molar-refractivity contribution < 1.29 is 18.8 Å². The minimum atomic E-state index is -0.959. The van der Waals surface area contributed by atoms with Crippen LogP contribution in [0, 0.1) is 15.9 Å². The summed E-state index contributed by atoms with van der Waals surface area (Å²) in [7, 11) is 1.39. The number of anilines is 1. The summed E-state index contributed by atoms with van der Waals surface area (Å²) in [5.74, 6) is -0.959. The number of hydrogen-bond acceptors (Lipinski definition) is 4. The molecule has 6 nitrogen and oxygen atoms in total. The van der Waals surface area contributed by atoms with Gasteiger partial charge in [-0.15, -0.1) is 0 Å². The molecule has 114 valence electrons. The Hall–Kier alpha value is -2.96. The molecule has 0 aliphatic heterocycles. The van der Waals surface area contributed by atoms with Gasteiger partial charge in [0.05, 0.1) is 10.6 Å². The number of rotatable bonds is 4. The standard InChI is InChI=1S/C15H13FN2O4/c1-17(12-7-8-13(16)14(9-12)18(20)21)15(19)22-10-11-5-3-2-4-6-11/h2-9H,10H2,1H3. The average Bonchev–Trinajstić information content (AvgIpc) is 2.53. The molecule has 2 aromatic carbocycles. The highest BCUT2D eigenvalue weighted by Crippen LogP contribution is 2.24. The lowest BCUT2D eigenvalue weighted by molar-refractivity contribution is -0.387. The molecule has 22 heavy (non-hydrogen) atoms. The molecule has 0 heterocycles. The van der Waals surface area contributed by atoms with Gasteiger partial charge in [0.25, 0.3) is 0 Å². The van der Waals surface area contributed by atoms with Gasteiger partial charge in [-0.1, -0.05) is 30.3 Å². The van der Waals surface area contributed by atoms with Crippen molar-refractivity contribution in [3.63, 3.8) is 0 Å². The summed E-state index contributed by atoms with van der Waals surface area (Å²) in [5.41, 5.74) is 0.292. The highest BCUT2D eigenvalue weighted by molar-refractivity contribution is 5.87. The van der Waals surface area contributed by atoms with Crippen molar-refractivity contribution in [1.82, 2.24) is 0 Å². The molecule has 0 aliphatic rings. The van der Waals surface area contributed by atoms with Crippen LogP contribution >= 0.6 is 0 Å². The molecule has 0 fully saturated rings. The second-order valence-electron chi connectivity index (χ2n) is 4.49.